The molecule has 2 saturated heterocycles. The van der Waals surface area contributed by atoms with Crippen LogP contribution in [0.3, 0.4) is 0 Å². The van der Waals surface area contributed by atoms with E-state index in [1.165, 1.54) is 45.3 Å². The van der Waals surface area contributed by atoms with E-state index in [1.54, 1.807) is 0 Å². The molecule has 0 bridgehead atoms. The van der Waals surface area contributed by atoms with Gasteiger partial charge >= 0.3 is 0 Å². The normalized spacial score (nSPS) is 37.8. The minimum atomic E-state index is 0.454. The number of nitrogens with one attached hydrogen (secondary N) is 1. The molecule has 2 heteroatoms. The second-order valence-electron chi connectivity index (χ2n) is 6.19. The van der Waals surface area contributed by atoms with Gasteiger partial charge in [-0.1, -0.05) is 20.8 Å². The molecule has 0 aromatic rings. The van der Waals surface area contributed by atoms with Gasteiger partial charge in [0.25, 0.3) is 0 Å². The zero-order valence-corrected chi connectivity index (χ0v) is 10.6. The second kappa shape index (κ2) is 4.42. The van der Waals surface area contributed by atoms with Crippen molar-refractivity contribution in [3.05, 3.63) is 0 Å². The Labute approximate surface area is 94.4 Å². The lowest BCUT2D eigenvalue weighted by Gasteiger charge is -2.48. The van der Waals surface area contributed by atoms with Gasteiger partial charge in [-0.2, -0.15) is 0 Å². The summed E-state index contributed by atoms with van der Waals surface area (Å²) in [5.41, 5.74) is 0.454. The molecule has 0 aliphatic carbocycles. The van der Waals surface area contributed by atoms with Crippen molar-refractivity contribution in [2.75, 3.05) is 19.6 Å². The molecule has 2 atom stereocenters. The number of nitrogens with zero attached hydrogens (tertiary/aromatic N) is 1. The van der Waals surface area contributed by atoms with E-state index >= 15 is 0 Å². The summed E-state index contributed by atoms with van der Waals surface area (Å²) in [7, 11) is 0. The molecule has 2 aliphatic rings. The highest BCUT2D eigenvalue weighted by atomic mass is 15.3. The van der Waals surface area contributed by atoms with Crippen molar-refractivity contribution in [1.82, 2.24) is 10.2 Å². The van der Waals surface area contributed by atoms with Crippen LogP contribution in [-0.2, 0) is 0 Å². The largest absolute Gasteiger partial charge is 0.301 e. The fourth-order valence-electron chi connectivity index (χ4n) is 3.28. The maximum Gasteiger partial charge on any atom is 0.0649 e. The van der Waals surface area contributed by atoms with Crippen LogP contribution >= 0.6 is 0 Å². The lowest BCUT2D eigenvalue weighted by molar-refractivity contribution is 0.00816. The van der Waals surface area contributed by atoms with Crippen molar-refractivity contribution in [2.24, 2.45) is 11.3 Å². The van der Waals surface area contributed by atoms with Crippen LogP contribution in [-0.4, -0.2) is 30.7 Å². The average Bonchev–Trinajstić information content (AvgIpc) is 2.17. The highest BCUT2D eigenvalue weighted by Crippen LogP contribution is 2.33. The summed E-state index contributed by atoms with van der Waals surface area (Å²) in [4.78, 5) is 2.69. The molecule has 2 fully saturated rings. The van der Waals surface area contributed by atoms with E-state index in [-0.39, 0.29) is 0 Å². The van der Waals surface area contributed by atoms with Crippen molar-refractivity contribution >= 4 is 0 Å². The molecule has 15 heavy (non-hydrogen) atoms. The first-order chi connectivity index (χ1) is 7.09. The summed E-state index contributed by atoms with van der Waals surface area (Å²) < 4.78 is 0. The Balaban J connectivity index is 2.01. The van der Waals surface area contributed by atoms with Crippen LogP contribution in [0.25, 0.3) is 0 Å². The standard InChI is InChI=1S/C13H26N2/c1-11-6-4-9-15(10-11)12-13(2,3)7-5-8-14-12/h11-12,14H,4-10H2,1-3H3. The lowest BCUT2D eigenvalue weighted by Crippen LogP contribution is -2.59. The van der Waals surface area contributed by atoms with E-state index in [0.717, 1.165) is 5.92 Å². The van der Waals surface area contributed by atoms with Gasteiger partial charge in [0.2, 0.25) is 0 Å². The van der Waals surface area contributed by atoms with E-state index in [1.807, 2.05) is 0 Å². The molecular weight excluding hydrogens is 184 g/mol. The summed E-state index contributed by atoms with van der Waals surface area (Å²) >= 11 is 0. The maximum atomic E-state index is 3.73. The molecule has 0 radical (unpaired) electrons. The molecular formula is C13H26N2. The van der Waals surface area contributed by atoms with Crippen molar-refractivity contribution in [1.29, 1.82) is 0 Å². The Hall–Kier alpha value is -0.0800. The van der Waals surface area contributed by atoms with Crippen LogP contribution in [0, 0.1) is 11.3 Å². The quantitative estimate of drug-likeness (QED) is 0.715. The number of likely N-dealkylation sites (tertiary alicyclic amines) is 1. The van der Waals surface area contributed by atoms with Crippen molar-refractivity contribution in [2.45, 2.75) is 52.6 Å². The Morgan fingerprint density at radius 3 is 2.73 bits per heavy atom. The van der Waals surface area contributed by atoms with E-state index in [0.29, 0.717) is 11.6 Å². The number of hydrogen-bond donors (Lipinski definition) is 1. The maximum absolute atomic E-state index is 3.73. The van der Waals surface area contributed by atoms with Gasteiger partial charge in [-0.15, -0.1) is 0 Å². The summed E-state index contributed by atoms with van der Waals surface area (Å²) in [5.74, 6) is 0.887. The minimum absolute atomic E-state index is 0.454. The first-order valence-electron chi connectivity index (χ1n) is 6.57. The molecule has 88 valence electrons. The van der Waals surface area contributed by atoms with Gasteiger partial charge in [0.15, 0.2) is 0 Å². The fourth-order valence-corrected chi connectivity index (χ4v) is 3.28. The van der Waals surface area contributed by atoms with Crippen LogP contribution in [0.4, 0.5) is 0 Å². The predicted molar refractivity (Wildman–Crippen MR) is 64.8 cm³/mol. The average molecular weight is 210 g/mol. The van der Waals surface area contributed by atoms with Gasteiger partial charge in [0.05, 0.1) is 6.17 Å². The van der Waals surface area contributed by atoms with Crippen LogP contribution in [0.1, 0.15) is 46.5 Å². The van der Waals surface area contributed by atoms with Gasteiger partial charge in [-0.3, -0.25) is 4.90 Å². The number of piperidine rings is 2. The van der Waals surface area contributed by atoms with E-state index in [2.05, 4.69) is 31.0 Å². The molecule has 0 aromatic heterocycles. The van der Waals surface area contributed by atoms with Crippen LogP contribution in [0.15, 0.2) is 0 Å². The van der Waals surface area contributed by atoms with Crippen molar-refractivity contribution in [3.8, 4) is 0 Å². The third-order valence-electron chi connectivity index (χ3n) is 4.13. The predicted octanol–water partition coefficient (Wildman–Crippen LogP) is 2.45. The molecule has 2 rings (SSSR count). The van der Waals surface area contributed by atoms with Gasteiger partial charge in [-0.05, 0) is 50.1 Å². The summed E-state index contributed by atoms with van der Waals surface area (Å²) in [6.45, 7) is 11.0. The Morgan fingerprint density at radius 1 is 1.27 bits per heavy atom. The van der Waals surface area contributed by atoms with E-state index < -0.39 is 0 Å². The van der Waals surface area contributed by atoms with Gasteiger partial charge in [0, 0.05) is 6.54 Å². The third-order valence-corrected chi connectivity index (χ3v) is 4.13. The molecule has 2 aliphatic heterocycles. The number of hydrogen-bond acceptors (Lipinski definition) is 2. The monoisotopic (exact) mass is 210 g/mol. The van der Waals surface area contributed by atoms with Gasteiger partial charge in [0.1, 0.15) is 0 Å². The molecule has 1 N–H and O–H groups in total. The zero-order valence-electron chi connectivity index (χ0n) is 10.6. The number of rotatable bonds is 1. The lowest BCUT2D eigenvalue weighted by atomic mass is 9.80. The highest BCUT2D eigenvalue weighted by molar-refractivity contribution is 4.90. The molecule has 0 aromatic carbocycles. The Bertz CT molecular complexity index is 213. The molecule has 2 nitrogen and oxygen atoms in total. The second-order valence-corrected chi connectivity index (χ2v) is 6.19. The van der Waals surface area contributed by atoms with Crippen molar-refractivity contribution < 1.29 is 0 Å². The van der Waals surface area contributed by atoms with Gasteiger partial charge < -0.3 is 5.32 Å². The van der Waals surface area contributed by atoms with Crippen LogP contribution in [0.5, 0.6) is 0 Å². The molecule has 0 saturated carbocycles. The third kappa shape index (κ3) is 2.54. The fraction of sp³-hybridized carbons (Fsp3) is 1.00. The SMILES string of the molecule is CC1CCCN(C2NCCCC2(C)C)C1. The summed E-state index contributed by atoms with van der Waals surface area (Å²) in [6, 6.07) is 0. The van der Waals surface area contributed by atoms with Crippen LogP contribution < -0.4 is 5.32 Å². The molecule has 2 unspecified atom stereocenters. The van der Waals surface area contributed by atoms with Crippen LogP contribution in [0.2, 0.25) is 0 Å². The van der Waals surface area contributed by atoms with E-state index in [4.69, 9.17) is 0 Å². The Kier molecular flexibility index (Phi) is 3.36. The summed E-state index contributed by atoms with van der Waals surface area (Å²) in [6.07, 6.45) is 6.13. The van der Waals surface area contributed by atoms with Crippen molar-refractivity contribution in [3.63, 3.8) is 0 Å². The first kappa shape index (κ1) is 11.4. The van der Waals surface area contributed by atoms with E-state index in [9.17, 15) is 0 Å². The molecule has 0 amide bonds. The first-order valence-corrected chi connectivity index (χ1v) is 6.57. The van der Waals surface area contributed by atoms with Gasteiger partial charge in [-0.25, -0.2) is 0 Å². The zero-order chi connectivity index (χ0) is 10.9. The highest BCUT2D eigenvalue weighted by Gasteiger charge is 2.37. The minimum Gasteiger partial charge on any atom is -0.301 e. The molecule has 0 spiro atoms. The Morgan fingerprint density at radius 2 is 2.07 bits per heavy atom. The topological polar surface area (TPSA) is 15.3 Å². The summed E-state index contributed by atoms with van der Waals surface area (Å²) in [5, 5.41) is 3.73. The molecule has 2 heterocycles. The smallest absolute Gasteiger partial charge is 0.0649 e.